The topological polar surface area (TPSA) is 63.8 Å². The monoisotopic (exact) mass is 500 g/mol. The Labute approximate surface area is 207 Å². The Morgan fingerprint density at radius 2 is 1.61 bits per heavy atom. The predicted octanol–water partition coefficient (Wildman–Crippen LogP) is 6.71. The maximum atomic E-state index is 6.06. The van der Waals surface area contributed by atoms with Crippen LogP contribution in [0.4, 0.5) is 5.82 Å². The number of nitrogens with one attached hydrogen (secondary N) is 1. The van der Waals surface area contributed by atoms with Crippen LogP contribution < -0.4 is 11.1 Å². The molecule has 0 spiro atoms. The molecular formula is C23H28Cl4N4. The number of aromatic nitrogens is 2. The lowest BCUT2D eigenvalue weighted by Gasteiger charge is -2.27. The van der Waals surface area contributed by atoms with E-state index >= 15 is 0 Å². The molecule has 8 heteroatoms. The summed E-state index contributed by atoms with van der Waals surface area (Å²) in [7, 11) is 0. The highest BCUT2D eigenvalue weighted by molar-refractivity contribution is 6.30. The summed E-state index contributed by atoms with van der Waals surface area (Å²) in [6.07, 6.45) is 8.23. The molecule has 1 saturated carbocycles. The molecule has 0 bridgehead atoms. The molecule has 4 rings (SSSR count). The van der Waals surface area contributed by atoms with Gasteiger partial charge >= 0.3 is 0 Å². The van der Waals surface area contributed by atoms with Crippen LogP contribution in [0.2, 0.25) is 5.02 Å². The average molecular weight is 502 g/mol. The van der Waals surface area contributed by atoms with Gasteiger partial charge in [0.2, 0.25) is 0 Å². The van der Waals surface area contributed by atoms with Crippen LogP contribution in [0.5, 0.6) is 0 Å². The smallest absolute Gasteiger partial charge is 0.154 e. The molecule has 1 aliphatic carbocycles. The van der Waals surface area contributed by atoms with E-state index in [0.29, 0.717) is 17.9 Å². The SMILES string of the molecule is Cc1ccc2nc(/C=C/c3ccc(Cl)cc3)nc(NC3CCC(N)CC3)c2c1.Cl.Cl.Cl. The Balaban J connectivity index is 0.00000160. The molecule has 0 amide bonds. The zero-order valence-electron chi connectivity index (χ0n) is 17.3. The molecule has 1 heterocycles. The van der Waals surface area contributed by atoms with E-state index in [9.17, 15) is 0 Å². The molecule has 3 N–H and O–H groups in total. The van der Waals surface area contributed by atoms with Gasteiger partial charge in [-0.2, -0.15) is 0 Å². The van der Waals surface area contributed by atoms with Crippen LogP contribution in [0.25, 0.3) is 23.1 Å². The zero-order chi connectivity index (χ0) is 19.5. The van der Waals surface area contributed by atoms with Gasteiger partial charge in [-0.05, 0) is 68.5 Å². The van der Waals surface area contributed by atoms with Crippen LogP contribution in [0.1, 0.15) is 42.6 Å². The minimum Gasteiger partial charge on any atom is -0.367 e. The third-order valence-corrected chi connectivity index (χ3v) is 5.53. The summed E-state index contributed by atoms with van der Waals surface area (Å²) in [5, 5.41) is 5.46. The van der Waals surface area contributed by atoms with E-state index in [0.717, 1.165) is 53.0 Å². The van der Waals surface area contributed by atoms with Crippen LogP contribution in [-0.2, 0) is 0 Å². The van der Waals surface area contributed by atoms with E-state index in [1.807, 2.05) is 36.4 Å². The second-order valence-electron chi connectivity index (χ2n) is 7.59. The molecule has 2 aromatic carbocycles. The molecule has 1 fully saturated rings. The molecule has 1 aliphatic rings. The minimum atomic E-state index is 0. The predicted molar refractivity (Wildman–Crippen MR) is 140 cm³/mol. The van der Waals surface area contributed by atoms with E-state index in [4.69, 9.17) is 27.3 Å². The van der Waals surface area contributed by atoms with E-state index in [-0.39, 0.29) is 37.2 Å². The molecule has 0 saturated heterocycles. The van der Waals surface area contributed by atoms with Crippen molar-refractivity contribution in [3.8, 4) is 0 Å². The molecule has 0 radical (unpaired) electrons. The van der Waals surface area contributed by atoms with E-state index in [1.54, 1.807) is 0 Å². The first-order chi connectivity index (χ1) is 13.6. The van der Waals surface area contributed by atoms with Gasteiger partial charge in [0.25, 0.3) is 0 Å². The lowest BCUT2D eigenvalue weighted by atomic mass is 9.92. The van der Waals surface area contributed by atoms with Crippen LogP contribution in [0.15, 0.2) is 42.5 Å². The number of anilines is 1. The van der Waals surface area contributed by atoms with Gasteiger partial charge in [-0.3, -0.25) is 0 Å². The van der Waals surface area contributed by atoms with Gasteiger partial charge in [0, 0.05) is 22.5 Å². The molecule has 0 atom stereocenters. The molecule has 31 heavy (non-hydrogen) atoms. The van der Waals surface area contributed by atoms with Crippen molar-refractivity contribution in [1.29, 1.82) is 0 Å². The van der Waals surface area contributed by atoms with Gasteiger partial charge < -0.3 is 11.1 Å². The average Bonchev–Trinajstić information content (AvgIpc) is 2.70. The van der Waals surface area contributed by atoms with Crippen molar-refractivity contribution in [3.63, 3.8) is 0 Å². The Hall–Kier alpha value is -1.56. The first-order valence-electron chi connectivity index (χ1n) is 9.81. The molecule has 0 aliphatic heterocycles. The Morgan fingerprint density at radius 3 is 2.29 bits per heavy atom. The van der Waals surface area contributed by atoms with E-state index in [2.05, 4.69) is 30.4 Å². The van der Waals surface area contributed by atoms with Gasteiger partial charge in [-0.25, -0.2) is 9.97 Å². The van der Waals surface area contributed by atoms with Crippen molar-refractivity contribution in [3.05, 3.63) is 64.4 Å². The van der Waals surface area contributed by atoms with E-state index in [1.165, 1.54) is 5.56 Å². The lowest BCUT2D eigenvalue weighted by molar-refractivity contribution is 0.410. The number of hydrogen-bond acceptors (Lipinski definition) is 4. The maximum absolute atomic E-state index is 6.06. The molecule has 1 aromatic heterocycles. The second kappa shape index (κ2) is 12.5. The molecule has 3 aromatic rings. The Kier molecular flexibility index (Phi) is 11.1. The first kappa shape index (κ1) is 27.5. The van der Waals surface area contributed by atoms with Gasteiger partial charge in [0.15, 0.2) is 5.82 Å². The van der Waals surface area contributed by atoms with Crippen LogP contribution in [-0.4, -0.2) is 22.1 Å². The van der Waals surface area contributed by atoms with Crippen molar-refractivity contribution in [1.82, 2.24) is 9.97 Å². The second-order valence-corrected chi connectivity index (χ2v) is 8.03. The number of halogens is 4. The number of nitrogens with zero attached hydrogens (tertiary/aromatic N) is 2. The molecule has 0 unspecified atom stereocenters. The summed E-state index contributed by atoms with van der Waals surface area (Å²) in [5.41, 5.74) is 9.27. The number of nitrogens with two attached hydrogens (primary N) is 1. The highest BCUT2D eigenvalue weighted by atomic mass is 35.5. The fourth-order valence-electron chi connectivity index (χ4n) is 3.65. The van der Waals surface area contributed by atoms with Crippen molar-refractivity contribution < 1.29 is 0 Å². The van der Waals surface area contributed by atoms with Gasteiger partial charge in [-0.1, -0.05) is 41.4 Å². The summed E-state index contributed by atoms with van der Waals surface area (Å²) in [4.78, 5) is 9.55. The first-order valence-corrected chi connectivity index (χ1v) is 10.2. The van der Waals surface area contributed by atoms with Crippen molar-refractivity contribution >= 4 is 77.7 Å². The number of aryl methyl sites for hydroxylation is 1. The minimum absolute atomic E-state index is 0. The Morgan fingerprint density at radius 1 is 0.935 bits per heavy atom. The fourth-order valence-corrected chi connectivity index (χ4v) is 3.77. The third kappa shape index (κ3) is 7.23. The summed E-state index contributed by atoms with van der Waals surface area (Å²) < 4.78 is 0. The standard InChI is InChI=1S/C23H25ClN4.3ClH/c1-15-2-12-21-20(14-15)23(26-19-10-8-18(25)9-11-19)28-22(27-21)13-5-16-3-6-17(24)7-4-16;;;/h2-7,12-14,18-19H,8-11,25H2,1H3,(H,26,27,28);3*1H/b13-5+;;;. The Bertz CT molecular complexity index is 1000. The quantitative estimate of drug-likeness (QED) is 0.417. The molecule has 168 valence electrons. The number of rotatable bonds is 4. The fraction of sp³-hybridized carbons (Fsp3) is 0.304. The summed E-state index contributed by atoms with van der Waals surface area (Å²) in [5.74, 6) is 1.60. The van der Waals surface area contributed by atoms with Gasteiger partial charge in [0.05, 0.1) is 5.52 Å². The number of hydrogen-bond donors (Lipinski definition) is 2. The third-order valence-electron chi connectivity index (χ3n) is 5.28. The van der Waals surface area contributed by atoms with Crippen LogP contribution in [0.3, 0.4) is 0 Å². The molecule has 4 nitrogen and oxygen atoms in total. The van der Waals surface area contributed by atoms with Gasteiger partial charge in [0.1, 0.15) is 5.82 Å². The highest BCUT2D eigenvalue weighted by Gasteiger charge is 2.19. The van der Waals surface area contributed by atoms with Crippen molar-refractivity contribution in [2.24, 2.45) is 5.73 Å². The lowest BCUT2D eigenvalue weighted by Crippen LogP contribution is -2.33. The van der Waals surface area contributed by atoms with Gasteiger partial charge in [-0.15, -0.1) is 37.2 Å². The summed E-state index contributed by atoms with van der Waals surface area (Å²) >= 11 is 5.96. The number of benzene rings is 2. The normalized spacial score (nSPS) is 18.0. The van der Waals surface area contributed by atoms with Crippen molar-refractivity contribution in [2.75, 3.05) is 5.32 Å². The zero-order valence-corrected chi connectivity index (χ0v) is 20.5. The van der Waals surface area contributed by atoms with E-state index < -0.39 is 0 Å². The molecular weight excluding hydrogens is 474 g/mol. The summed E-state index contributed by atoms with van der Waals surface area (Å²) in [6, 6.07) is 14.8. The maximum Gasteiger partial charge on any atom is 0.154 e. The van der Waals surface area contributed by atoms with Crippen LogP contribution >= 0.6 is 48.8 Å². The number of fused-ring (bicyclic) bond motifs is 1. The highest BCUT2D eigenvalue weighted by Crippen LogP contribution is 2.26. The van der Waals surface area contributed by atoms with Crippen LogP contribution in [0, 0.1) is 6.92 Å². The largest absolute Gasteiger partial charge is 0.367 e. The van der Waals surface area contributed by atoms with Crippen molar-refractivity contribution in [2.45, 2.75) is 44.7 Å². The summed E-state index contributed by atoms with van der Waals surface area (Å²) in [6.45, 7) is 2.09.